The zero-order valence-electron chi connectivity index (χ0n) is 6.38. The molecule has 66 valence electrons. The molecule has 0 spiro atoms. The number of halogens is 1. The number of rotatable bonds is 5. The molecule has 0 unspecified atom stereocenters. The molecule has 0 aromatic carbocycles. The van der Waals surface area contributed by atoms with Gasteiger partial charge in [-0.1, -0.05) is 17.7 Å². The van der Waals surface area contributed by atoms with Crippen LogP contribution in [-0.4, -0.2) is 33.5 Å². The van der Waals surface area contributed by atoms with Crippen LogP contribution in [0.3, 0.4) is 0 Å². The second kappa shape index (κ2) is 5.57. The van der Waals surface area contributed by atoms with Crippen molar-refractivity contribution in [2.45, 2.75) is 0 Å². The lowest BCUT2D eigenvalue weighted by atomic mass is 10.6. The summed E-state index contributed by atoms with van der Waals surface area (Å²) in [5.74, 6) is 0.170. The summed E-state index contributed by atoms with van der Waals surface area (Å²) >= 11 is 5.23. The zero-order chi connectivity index (χ0) is 8.74. The molecule has 0 heterocycles. The van der Waals surface area contributed by atoms with E-state index in [1.807, 2.05) is 0 Å². The number of sulfone groups is 1. The van der Waals surface area contributed by atoms with Crippen molar-refractivity contribution >= 4 is 21.4 Å². The first-order chi connectivity index (χ1) is 5.06. The lowest BCUT2D eigenvalue weighted by molar-refractivity contribution is 0.598. The minimum absolute atomic E-state index is 0.170. The van der Waals surface area contributed by atoms with Crippen molar-refractivity contribution in [3.63, 3.8) is 0 Å². The summed E-state index contributed by atoms with van der Waals surface area (Å²) in [5, 5.41) is 2.89. The van der Waals surface area contributed by atoms with Crippen LogP contribution in [0.25, 0.3) is 0 Å². The molecule has 11 heavy (non-hydrogen) atoms. The van der Waals surface area contributed by atoms with Crippen LogP contribution < -0.4 is 5.32 Å². The summed E-state index contributed by atoms with van der Waals surface area (Å²) in [6.45, 7) is 1.08. The Bertz CT molecular complexity index is 211. The molecule has 0 aromatic rings. The first kappa shape index (κ1) is 10.9. The molecule has 0 rings (SSSR count). The molecule has 0 bridgehead atoms. The summed E-state index contributed by atoms with van der Waals surface area (Å²) in [5.41, 5.74) is 1.40. The van der Waals surface area contributed by atoms with Gasteiger partial charge >= 0.3 is 0 Å². The van der Waals surface area contributed by atoms with Gasteiger partial charge in [0.25, 0.3) is 0 Å². The fourth-order valence-electron chi connectivity index (χ4n) is 0.488. The maximum Gasteiger partial charge on any atom is 0.148 e. The molecule has 0 aliphatic heterocycles. The molecule has 0 aliphatic carbocycles. The Balaban J connectivity index is 3.29. The monoisotopic (exact) mass is 197 g/mol. The summed E-state index contributed by atoms with van der Waals surface area (Å²) < 4.78 is 21.2. The van der Waals surface area contributed by atoms with Crippen LogP contribution in [0.5, 0.6) is 0 Å². The Kier molecular flexibility index (Phi) is 5.54. The Hall–Kier alpha value is -0.0600. The van der Waals surface area contributed by atoms with E-state index in [0.717, 1.165) is 0 Å². The fourth-order valence-corrected chi connectivity index (χ4v) is 1.09. The predicted octanol–water partition coefficient (Wildman–Crippen LogP) is 0.373. The Morgan fingerprint density at radius 3 is 2.64 bits per heavy atom. The molecule has 5 heteroatoms. The van der Waals surface area contributed by atoms with E-state index in [4.69, 9.17) is 11.6 Å². The van der Waals surface area contributed by atoms with Crippen LogP contribution >= 0.6 is 11.6 Å². The van der Waals surface area contributed by atoms with Crippen LogP contribution in [0, 0.1) is 0 Å². The van der Waals surface area contributed by atoms with Crippen molar-refractivity contribution in [1.29, 1.82) is 0 Å². The Morgan fingerprint density at radius 1 is 1.55 bits per heavy atom. The first-order valence-corrected chi connectivity index (χ1v) is 5.69. The first-order valence-electron chi connectivity index (χ1n) is 3.20. The standard InChI is InChI=1S/C6H12ClNO2S/c1-11(9,10)6-5-8-4-2-3-7/h2-3,8H,4-6H2,1H3/b3-2+. The summed E-state index contributed by atoms with van der Waals surface area (Å²) in [7, 11) is -2.83. The lowest BCUT2D eigenvalue weighted by Crippen LogP contribution is -2.22. The van der Waals surface area contributed by atoms with E-state index in [1.54, 1.807) is 6.08 Å². The highest BCUT2D eigenvalue weighted by Crippen LogP contribution is 1.80. The number of hydrogen-bond donors (Lipinski definition) is 1. The summed E-state index contributed by atoms with van der Waals surface area (Å²) in [6.07, 6.45) is 2.93. The van der Waals surface area contributed by atoms with Crippen molar-refractivity contribution in [3.8, 4) is 0 Å². The third-order valence-corrected chi connectivity index (χ3v) is 2.12. The molecule has 0 saturated heterocycles. The highest BCUT2D eigenvalue weighted by Gasteiger charge is 1.98. The van der Waals surface area contributed by atoms with E-state index in [0.29, 0.717) is 13.1 Å². The topological polar surface area (TPSA) is 46.2 Å². The summed E-state index contributed by atoms with van der Waals surface area (Å²) in [4.78, 5) is 0. The highest BCUT2D eigenvalue weighted by atomic mass is 35.5. The van der Waals surface area contributed by atoms with Gasteiger partial charge in [-0.05, 0) is 0 Å². The largest absolute Gasteiger partial charge is 0.312 e. The molecule has 0 fully saturated rings. The minimum atomic E-state index is -2.83. The molecule has 0 saturated carbocycles. The van der Waals surface area contributed by atoms with Crippen molar-refractivity contribution in [1.82, 2.24) is 5.32 Å². The summed E-state index contributed by atoms with van der Waals surface area (Å²) in [6, 6.07) is 0. The normalized spacial score (nSPS) is 12.5. The van der Waals surface area contributed by atoms with Crippen LogP contribution in [0.15, 0.2) is 11.6 Å². The van der Waals surface area contributed by atoms with E-state index in [-0.39, 0.29) is 5.75 Å². The second-order valence-electron chi connectivity index (χ2n) is 2.20. The van der Waals surface area contributed by atoms with Gasteiger partial charge in [0, 0.05) is 24.9 Å². The third-order valence-electron chi connectivity index (χ3n) is 1.00. The van der Waals surface area contributed by atoms with Gasteiger partial charge in [-0.3, -0.25) is 0 Å². The average Bonchev–Trinajstić information content (AvgIpc) is 1.85. The minimum Gasteiger partial charge on any atom is -0.312 e. The third kappa shape index (κ3) is 9.94. The van der Waals surface area contributed by atoms with Gasteiger partial charge in [0.2, 0.25) is 0 Å². The van der Waals surface area contributed by atoms with E-state index in [1.165, 1.54) is 11.8 Å². The van der Waals surface area contributed by atoms with Gasteiger partial charge in [0.05, 0.1) is 5.75 Å². The smallest absolute Gasteiger partial charge is 0.148 e. The molecule has 0 amide bonds. The molecule has 0 aliphatic rings. The van der Waals surface area contributed by atoms with Crippen LogP contribution in [0.4, 0.5) is 0 Å². The highest BCUT2D eigenvalue weighted by molar-refractivity contribution is 7.90. The zero-order valence-corrected chi connectivity index (χ0v) is 7.95. The quantitative estimate of drug-likeness (QED) is 0.648. The number of nitrogens with one attached hydrogen (secondary N) is 1. The maximum atomic E-state index is 10.6. The Morgan fingerprint density at radius 2 is 2.18 bits per heavy atom. The van der Waals surface area contributed by atoms with Crippen molar-refractivity contribution in [3.05, 3.63) is 11.6 Å². The number of hydrogen-bond acceptors (Lipinski definition) is 3. The average molecular weight is 198 g/mol. The van der Waals surface area contributed by atoms with E-state index >= 15 is 0 Å². The van der Waals surface area contributed by atoms with E-state index in [2.05, 4.69) is 5.32 Å². The van der Waals surface area contributed by atoms with Gasteiger partial charge in [0.1, 0.15) is 9.84 Å². The predicted molar refractivity (Wildman–Crippen MR) is 47.6 cm³/mol. The SMILES string of the molecule is CS(=O)(=O)CCNC/C=C/Cl. The van der Waals surface area contributed by atoms with E-state index in [9.17, 15) is 8.42 Å². The van der Waals surface area contributed by atoms with Gasteiger partial charge < -0.3 is 5.32 Å². The molecule has 0 aromatic heterocycles. The van der Waals surface area contributed by atoms with Crippen molar-refractivity contribution in [2.24, 2.45) is 0 Å². The van der Waals surface area contributed by atoms with Gasteiger partial charge in [-0.15, -0.1) is 0 Å². The second-order valence-corrected chi connectivity index (χ2v) is 4.71. The van der Waals surface area contributed by atoms with Gasteiger partial charge in [-0.2, -0.15) is 0 Å². The maximum absolute atomic E-state index is 10.6. The van der Waals surface area contributed by atoms with Crippen LogP contribution in [0.2, 0.25) is 0 Å². The van der Waals surface area contributed by atoms with Gasteiger partial charge in [0.15, 0.2) is 0 Å². The van der Waals surface area contributed by atoms with Crippen LogP contribution in [0.1, 0.15) is 0 Å². The molecular formula is C6H12ClNO2S. The Labute approximate surface area is 72.4 Å². The van der Waals surface area contributed by atoms with Crippen molar-refractivity contribution < 1.29 is 8.42 Å². The van der Waals surface area contributed by atoms with Gasteiger partial charge in [-0.25, -0.2) is 8.42 Å². The van der Waals surface area contributed by atoms with Crippen molar-refractivity contribution in [2.75, 3.05) is 25.1 Å². The molecule has 3 nitrogen and oxygen atoms in total. The molecule has 0 atom stereocenters. The molecule has 1 N–H and O–H groups in total. The molecular weight excluding hydrogens is 186 g/mol. The fraction of sp³-hybridized carbons (Fsp3) is 0.667. The lowest BCUT2D eigenvalue weighted by Gasteiger charge is -1.98. The van der Waals surface area contributed by atoms with Crippen LogP contribution in [-0.2, 0) is 9.84 Å². The van der Waals surface area contributed by atoms with E-state index < -0.39 is 9.84 Å². The molecule has 0 radical (unpaired) electrons.